The van der Waals surface area contributed by atoms with Gasteiger partial charge in [-0.05, 0) is 50.6 Å². The largest absolute Gasteiger partial charge is 0.344 e. The molecule has 1 amide bonds. The van der Waals surface area contributed by atoms with E-state index < -0.39 is 18.4 Å². The van der Waals surface area contributed by atoms with E-state index in [-0.39, 0.29) is 22.1 Å². The van der Waals surface area contributed by atoms with Gasteiger partial charge in [-0.2, -0.15) is 8.78 Å². The molecule has 0 spiro atoms. The number of alkyl halides is 2. The Labute approximate surface area is 182 Å². The van der Waals surface area contributed by atoms with E-state index in [4.69, 9.17) is 11.6 Å². The quantitative estimate of drug-likeness (QED) is 0.566. The summed E-state index contributed by atoms with van der Waals surface area (Å²) >= 11 is 7.04. The first-order valence-corrected chi connectivity index (χ1v) is 10.2. The van der Waals surface area contributed by atoms with Crippen LogP contribution in [0.4, 0.5) is 8.78 Å². The molecular weight excluding hydrogens is 430 g/mol. The van der Waals surface area contributed by atoms with Crippen molar-refractivity contribution in [2.75, 3.05) is 6.54 Å². The molecule has 3 rings (SSSR count). The van der Waals surface area contributed by atoms with E-state index in [9.17, 15) is 13.6 Å². The minimum absolute atomic E-state index is 0.0566. The second kappa shape index (κ2) is 9.06. The Morgan fingerprint density at radius 1 is 1.10 bits per heavy atom. The minimum Gasteiger partial charge on any atom is -0.344 e. The highest BCUT2D eigenvalue weighted by atomic mass is 35.5. The van der Waals surface area contributed by atoms with E-state index in [2.05, 4.69) is 20.5 Å². The molecule has 30 heavy (non-hydrogen) atoms. The zero-order valence-corrected chi connectivity index (χ0v) is 18.1. The van der Waals surface area contributed by atoms with Crippen LogP contribution in [0.2, 0.25) is 5.02 Å². The number of benzene rings is 2. The molecular formula is C21H19ClF2N4OS. The number of amides is 1. The summed E-state index contributed by atoms with van der Waals surface area (Å²) in [5.74, 6) is -3.71. The first-order chi connectivity index (χ1) is 14.2. The third kappa shape index (κ3) is 5.31. The van der Waals surface area contributed by atoms with E-state index in [1.54, 1.807) is 50.2 Å². The van der Waals surface area contributed by atoms with Crippen LogP contribution >= 0.6 is 23.4 Å². The van der Waals surface area contributed by atoms with E-state index in [0.717, 1.165) is 22.2 Å². The summed E-state index contributed by atoms with van der Waals surface area (Å²) in [5, 5.41) is 11.0. The van der Waals surface area contributed by atoms with Gasteiger partial charge in [-0.3, -0.25) is 4.79 Å². The number of hydrogen-bond donors (Lipinski definition) is 1. The molecule has 0 bridgehead atoms. The molecule has 0 unspecified atom stereocenters. The van der Waals surface area contributed by atoms with Crippen LogP contribution in [-0.4, -0.2) is 27.6 Å². The molecule has 0 aliphatic rings. The maximum absolute atomic E-state index is 14.7. The molecule has 0 fully saturated rings. The van der Waals surface area contributed by atoms with Crippen LogP contribution in [0, 0.1) is 20.8 Å². The van der Waals surface area contributed by atoms with E-state index in [1.165, 1.54) is 6.07 Å². The Kier molecular flexibility index (Phi) is 6.67. The predicted molar refractivity (Wildman–Crippen MR) is 112 cm³/mol. The Hall–Kier alpha value is -2.58. The molecule has 0 radical (unpaired) electrons. The zero-order chi connectivity index (χ0) is 21.9. The summed E-state index contributed by atoms with van der Waals surface area (Å²) in [6.07, 6.45) is 0. The zero-order valence-electron chi connectivity index (χ0n) is 16.5. The van der Waals surface area contributed by atoms with Crippen molar-refractivity contribution in [1.29, 1.82) is 0 Å². The summed E-state index contributed by atoms with van der Waals surface area (Å²) in [7, 11) is 0. The molecule has 156 valence electrons. The number of nitrogens with one attached hydrogen (secondary N) is 1. The third-order valence-electron chi connectivity index (χ3n) is 4.25. The van der Waals surface area contributed by atoms with Crippen molar-refractivity contribution < 1.29 is 13.6 Å². The van der Waals surface area contributed by atoms with Gasteiger partial charge in [0.2, 0.25) is 0 Å². The van der Waals surface area contributed by atoms with Gasteiger partial charge in [0.25, 0.3) is 11.8 Å². The molecule has 0 saturated heterocycles. The number of halogens is 3. The SMILES string of the molecule is Cc1ccc(C(F)(F)CNC(=O)c2nc(C)nnc2Sc2ccc(Cl)cc2)c(C)c1. The molecule has 2 aromatic carbocycles. The van der Waals surface area contributed by atoms with E-state index >= 15 is 0 Å². The smallest absolute Gasteiger partial charge is 0.290 e. The van der Waals surface area contributed by atoms with Crippen molar-refractivity contribution in [2.24, 2.45) is 0 Å². The monoisotopic (exact) mass is 448 g/mol. The molecule has 9 heteroatoms. The highest BCUT2D eigenvalue weighted by Gasteiger charge is 2.34. The molecule has 1 heterocycles. The maximum Gasteiger partial charge on any atom is 0.290 e. The number of nitrogens with zero attached hydrogens (tertiary/aromatic N) is 3. The lowest BCUT2D eigenvalue weighted by Crippen LogP contribution is -2.36. The van der Waals surface area contributed by atoms with Gasteiger partial charge in [-0.1, -0.05) is 47.1 Å². The molecule has 1 N–H and O–H groups in total. The lowest BCUT2D eigenvalue weighted by atomic mass is 10.0. The van der Waals surface area contributed by atoms with Gasteiger partial charge < -0.3 is 5.32 Å². The van der Waals surface area contributed by atoms with Gasteiger partial charge in [-0.15, -0.1) is 10.2 Å². The second-order valence-corrected chi connectivity index (χ2v) is 8.27. The van der Waals surface area contributed by atoms with Gasteiger partial charge in [-0.25, -0.2) is 4.98 Å². The number of aryl methyl sites for hydroxylation is 3. The topological polar surface area (TPSA) is 67.8 Å². The van der Waals surface area contributed by atoms with Gasteiger partial charge in [0.05, 0.1) is 6.54 Å². The highest BCUT2D eigenvalue weighted by molar-refractivity contribution is 7.99. The lowest BCUT2D eigenvalue weighted by molar-refractivity contribution is -0.00316. The summed E-state index contributed by atoms with van der Waals surface area (Å²) in [6.45, 7) is 4.17. The Bertz CT molecular complexity index is 1080. The van der Waals surface area contributed by atoms with Crippen LogP contribution < -0.4 is 5.32 Å². The van der Waals surface area contributed by atoms with Crippen LogP contribution in [0.15, 0.2) is 52.4 Å². The van der Waals surface area contributed by atoms with Crippen LogP contribution in [0.5, 0.6) is 0 Å². The van der Waals surface area contributed by atoms with Crippen molar-refractivity contribution in [2.45, 2.75) is 36.6 Å². The van der Waals surface area contributed by atoms with E-state index in [0.29, 0.717) is 10.6 Å². The normalized spacial score (nSPS) is 11.4. The van der Waals surface area contributed by atoms with Crippen molar-refractivity contribution >= 4 is 29.3 Å². The third-order valence-corrected chi connectivity index (χ3v) is 5.48. The van der Waals surface area contributed by atoms with Crippen LogP contribution in [0.1, 0.15) is 33.0 Å². The Morgan fingerprint density at radius 2 is 1.80 bits per heavy atom. The predicted octanol–water partition coefficient (Wildman–Crippen LogP) is 5.12. The standard InChI is InChI=1S/C21H19ClF2N4OS/c1-12-4-9-17(13(2)10-12)21(23,24)11-25-19(29)18-20(28-27-14(3)26-18)30-16-7-5-15(22)6-8-16/h4-10H,11H2,1-3H3,(H,25,29). The number of hydrogen-bond acceptors (Lipinski definition) is 5. The number of carbonyl (C=O) groups is 1. The van der Waals surface area contributed by atoms with Crippen molar-refractivity contribution in [3.63, 3.8) is 0 Å². The molecule has 3 aromatic rings. The van der Waals surface area contributed by atoms with Crippen molar-refractivity contribution in [3.05, 3.63) is 75.7 Å². The summed E-state index contributed by atoms with van der Waals surface area (Å²) in [4.78, 5) is 17.5. The maximum atomic E-state index is 14.7. The highest BCUT2D eigenvalue weighted by Crippen LogP contribution is 2.31. The number of rotatable bonds is 6. The van der Waals surface area contributed by atoms with Crippen LogP contribution in [0.3, 0.4) is 0 Å². The van der Waals surface area contributed by atoms with Gasteiger partial charge in [0.15, 0.2) is 10.7 Å². The minimum atomic E-state index is -3.23. The van der Waals surface area contributed by atoms with E-state index in [1.807, 2.05) is 6.92 Å². The molecule has 0 aliphatic heterocycles. The second-order valence-electron chi connectivity index (χ2n) is 6.77. The lowest BCUT2D eigenvalue weighted by Gasteiger charge is -2.20. The summed E-state index contributed by atoms with van der Waals surface area (Å²) in [6, 6.07) is 11.6. The molecule has 5 nitrogen and oxygen atoms in total. The first kappa shape index (κ1) is 22.1. The van der Waals surface area contributed by atoms with Gasteiger partial charge >= 0.3 is 0 Å². The first-order valence-electron chi connectivity index (χ1n) is 9.04. The van der Waals surface area contributed by atoms with Gasteiger partial charge in [0.1, 0.15) is 5.82 Å². The van der Waals surface area contributed by atoms with Crippen molar-refractivity contribution in [1.82, 2.24) is 20.5 Å². The molecule has 0 atom stereocenters. The molecule has 0 aliphatic carbocycles. The molecule has 0 saturated carbocycles. The Balaban J connectivity index is 1.79. The molecule has 1 aromatic heterocycles. The number of aromatic nitrogens is 3. The number of carbonyl (C=O) groups excluding carboxylic acids is 1. The average molecular weight is 449 g/mol. The van der Waals surface area contributed by atoms with Crippen LogP contribution in [-0.2, 0) is 5.92 Å². The average Bonchev–Trinajstić information content (AvgIpc) is 2.69. The fraction of sp³-hybridized carbons (Fsp3) is 0.238. The fourth-order valence-electron chi connectivity index (χ4n) is 2.82. The van der Waals surface area contributed by atoms with Gasteiger partial charge in [0, 0.05) is 15.5 Å². The van der Waals surface area contributed by atoms with Crippen LogP contribution in [0.25, 0.3) is 0 Å². The Morgan fingerprint density at radius 3 is 2.47 bits per heavy atom. The fourth-order valence-corrected chi connectivity index (χ4v) is 3.76. The summed E-state index contributed by atoms with van der Waals surface area (Å²) in [5.41, 5.74) is 1.18. The van der Waals surface area contributed by atoms with Crippen molar-refractivity contribution in [3.8, 4) is 0 Å². The summed E-state index contributed by atoms with van der Waals surface area (Å²) < 4.78 is 29.4.